The van der Waals surface area contributed by atoms with Crippen molar-refractivity contribution < 1.29 is 18.1 Å². The molecule has 0 radical (unpaired) electrons. The number of rotatable bonds is 5. The van der Waals surface area contributed by atoms with Crippen LogP contribution >= 0.6 is 11.8 Å². The van der Waals surface area contributed by atoms with Crippen LogP contribution in [-0.2, 0) is 10.5 Å². The van der Waals surface area contributed by atoms with Crippen LogP contribution in [0.2, 0.25) is 0 Å². The molecule has 1 amide bonds. The topological polar surface area (TPSA) is 55.1 Å². The minimum Gasteiger partial charge on any atom is -0.360 e. The smallest absolute Gasteiger partial charge is 0.238 e. The van der Waals surface area contributed by atoms with Crippen LogP contribution in [0, 0.1) is 18.6 Å². The first-order valence-electron chi connectivity index (χ1n) is 6.26. The molecule has 0 spiro atoms. The average Bonchev–Trinajstić information content (AvgIpc) is 2.85. The lowest BCUT2D eigenvalue weighted by Crippen LogP contribution is -2.22. The summed E-state index contributed by atoms with van der Waals surface area (Å²) in [6.45, 7) is 3.40. The van der Waals surface area contributed by atoms with Gasteiger partial charge in [0.15, 0.2) is 17.5 Å². The largest absolute Gasteiger partial charge is 0.360 e. The number of hydrogen-bond donors (Lipinski definition) is 1. The van der Waals surface area contributed by atoms with Crippen LogP contribution < -0.4 is 5.32 Å². The summed E-state index contributed by atoms with van der Waals surface area (Å²) < 4.78 is 31.4. The first kappa shape index (κ1) is 15.5. The Kier molecular flexibility index (Phi) is 4.95. The number of halogens is 2. The number of thioether (sulfide) groups is 1. The number of amides is 1. The van der Waals surface area contributed by atoms with Gasteiger partial charge >= 0.3 is 0 Å². The van der Waals surface area contributed by atoms with Crippen LogP contribution in [0.15, 0.2) is 28.8 Å². The van der Waals surface area contributed by atoms with Gasteiger partial charge in [-0.1, -0.05) is 17.3 Å². The number of nitrogens with one attached hydrogen (secondary N) is 1. The fourth-order valence-corrected chi connectivity index (χ4v) is 2.47. The monoisotopic (exact) mass is 312 g/mol. The Balaban J connectivity index is 1.90. The predicted molar refractivity (Wildman–Crippen MR) is 77.0 cm³/mol. The van der Waals surface area contributed by atoms with Gasteiger partial charge in [0.2, 0.25) is 5.91 Å². The molecule has 0 aliphatic heterocycles. The maximum atomic E-state index is 13.5. The lowest BCUT2D eigenvalue weighted by Gasteiger charge is -2.10. The molecule has 1 atom stereocenters. The van der Waals surface area contributed by atoms with Gasteiger partial charge in [-0.3, -0.25) is 4.79 Å². The first-order chi connectivity index (χ1) is 9.97. The summed E-state index contributed by atoms with van der Waals surface area (Å²) in [7, 11) is 0. The molecule has 1 aromatic heterocycles. The van der Waals surface area contributed by atoms with Gasteiger partial charge in [-0.2, -0.15) is 0 Å². The van der Waals surface area contributed by atoms with Crippen LogP contribution in [0.25, 0.3) is 0 Å². The summed E-state index contributed by atoms with van der Waals surface area (Å²) in [6, 6.07) is 5.60. The molecule has 1 N–H and O–H groups in total. The molecule has 2 rings (SSSR count). The van der Waals surface area contributed by atoms with E-state index in [1.807, 2.05) is 0 Å². The SMILES string of the molecule is Cc1cc(NC(=O)[C@@H](C)SCc2cccc(F)c2F)no1. The van der Waals surface area contributed by atoms with Gasteiger partial charge in [0.05, 0.1) is 5.25 Å². The van der Waals surface area contributed by atoms with E-state index in [-0.39, 0.29) is 17.2 Å². The second kappa shape index (κ2) is 6.71. The van der Waals surface area contributed by atoms with Crippen LogP contribution in [-0.4, -0.2) is 16.3 Å². The number of carbonyl (C=O) groups excluding carboxylic acids is 1. The van der Waals surface area contributed by atoms with Crippen LogP contribution in [0.3, 0.4) is 0 Å². The van der Waals surface area contributed by atoms with Gasteiger partial charge in [0, 0.05) is 17.4 Å². The van der Waals surface area contributed by atoms with Gasteiger partial charge in [-0.05, 0) is 19.9 Å². The standard InChI is InChI=1S/C14H14F2N2O2S/c1-8-6-12(18-20-8)17-14(19)9(2)21-7-10-4-3-5-11(15)13(10)16/h3-6,9H,7H2,1-2H3,(H,17,18,19)/t9-/m1/s1. The lowest BCUT2D eigenvalue weighted by atomic mass is 10.2. The Morgan fingerprint density at radius 1 is 1.48 bits per heavy atom. The van der Waals surface area contributed by atoms with E-state index < -0.39 is 16.9 Å². The Hall–Kier alpha value is -1.89. The molecule has 21 heavy (non-hydrogen) atoms. The minimum atomic E-state index is -0.886. The summed E-state index contributed by atoms with van der Waals surface area (Å²) in [5.74, 6) is -0.900. The van der Waals surface area contributed by atoms with E-state index in [0.717, 1.165) is 6.07 Å². The van der Waals surface area contributed by atoms with Gasteiger partial charge in [-0.25, -0.2) is 8.78 Å². The number of benzene rings is 1. The van der Waals surface area contributed by atoms with E-state index in [4.69, 9.17) is 4.52 Å². The van der Waals surface area contributed by atoms with Gasteiger partial charge < -0.3 is 9.84 Å². The number of nitrogens with zero attached hydrogens (tertiary/aromatic N) is 1. The molecule has 0 saturated heterocycles. The van der Waals surface area contributed by atoms with Gasteiger partial charge in [0.25, 0.3) is 0 Å². The Bertz CT molecular complexity index is 646. The van der Waals surface area contributed by atoms with E-state index in [0.29, 0.717) is 11.6 Å². The highest BCUT2D eigenvalue weighted by Crippen LogP contribution is 2.22. The molecule has 112 valence electrons. The number of aryl methyl sites for hydroxylation is 1. The number of hydrogen-bond acceptors (Lipinski definition) is 4. The Morgan fingerprint density at radius 2 is 2.24 bits per heavy atom. The molecule has 0 aliphatic rings. The third kappa shape index (κ3) is 4.04. The quantitative estimate of drug-likeness (QED) is 0.918. The zero-order valence-corrected chi connectivity index (χ0v) is 12.3. The average molecular weight is 312 g/mol. The van der Waals surface area contributed by atoms with Crippen molar-refractivity contribution >= 4 is 23.5 Å². The van der Waals surface area contributed by atoms with Gasteiger partial charge in [0.1, 0.15) is 5.76 Å². The number of anilines is 1. The van der Waals surface area contributed by atoms with Crippen LogP contribution in [0.5, 0.6) is 0 Å². The van der Waals surface area contributed by atoms with E-state index in [9.17, 15) is 13.6 Å². The summed E-state index contributed by atoms with van der Waals surface area (Å²) >= 11 is 1.21. The van der Waals surface area contributed by atoms with Crippen LogP contribution in [0.4, 0.5) is 14.6 Å². The highest BCUT2D eigenvalue weighted by atomic mass is 32.2. The molecule has 0 bridgehead atoms. The fourth-order valence-electron chi connectivity index (χ4n) is 1.60. The third-order valence-corrected chi connectivity index (χ3v) is 3.96. The predicted octanol–water partition coefficient (Wildman–Crippen LogP) is 3.52. The van der Waals surface area contributed by atoms with Crippen molar-refractivity contribution in [2.24, 2.45) is 0 Å². The maximum absolute atomic E-state index is 13.5. The molecule has 7 heteroatoms. The van der Waals surface area contributed by atoms with Gasteiger partial charge in [-0.15, -0.1) is 11.8 Å². The number of carbonyl (C=O) groups is 1. The Morgan fingerprint density at radius 3 is 2.90 bits per heavy atom. The summed E-state index contributed by atoms with van der Waals surface area (Å²) in [5.41, 5.74) is 0.233. The van der Waals surface area contributed by atoms with Crippen molar-refractivity contribution in [2.75, 3.05) is 5.32 Å². The molecule has 0 saturated carbocycles. The van der Waals surface area contributed by atoms with E-state index in [1.54, 1.807) is 19.9 Å². The van der Waals surface area contributed by atoms with Crippen molar-refractivity contribution in [1.82, 2.24) is 5.16 Å². The molecule has 2 aromatic rings. The zero-order chi connectivity index (χ0) is 15.4. The van der Waals surface area contributed by atoms with Crippen molar-refractivity contribution in [3.05, 3.63) is 47.2 Å². The zero-order valence-electron chi connectivity index (χ0n) is 11.5. The molecular weight excluding hydrogens is 298 g/mol. The van der Waals surface area contributed by atoms with Crippen molar-refractivity contribution in [3.63, 3.8) is 0 Å². The third-order valence-electron chi connectivity index (χ3n) is 2.77. The molecule has 4 nitrogen and oxygen atoms in total. The van der Waals surface area contributed by atoms with E-state index >= 15 is 0 Å². The first-order valence-corrected chi connectivity index (χ1v) is 7.31. The summed E-state index contributed by atoms with van der Waals surface area (Å²) in [4.78, 5) is 11.9. The van der Waals surface area contributed by atoms with E-state index in [1.165, 1.54) is 23.9 Å². The van der Waals surface area contributed by atoms with Crippen molar-refractivity contribution in [3.8, 4) is 0 Å². The minimum absolute atomic E-state index is 0.204. The number of aromatic nitrogens is 1. The lowest BCUT2D eigenvalue weighted by molar-refractivity contribution is -0.115. The molecule has 0 aliphatic carbocycles. The summed E-state index contributed by atoms with van der Waals surface area (Å²) in [5, 5.41) is 5.81. The van der Waals surface area contributed by atoms with Crippen LogP contribution in [0.1, 0.15) is 18.2 Å². The second-order valence-corrected chi connectivity index (χ2v) is 5.81. The molecule has 1 heterocycles. The van der Waals surface area contributed by atoms with Crippen molar-refractivity contribution in [2.45, 2.75) is 24.9 Å². The normalized spacial score (nSPS) is 12.2. The fraction of sp³-hybridized carbons (Fsp3) is 0.286. The highest BCUT2D eigenvalue weighted by Gasteiger charge is 2.17. The van der Waals surface area contributed by atoms with Crippen molar-refractivity contribution in [1.29, 1.82) is 0 Å². The molecule has 1 aromatic carbocycles. The molecule has 0 unspecified atom stereocenters. The maximum Gasteiger partial charge on any atom is 0.238 e. The molecular formula is C14H14F2N2O2S. The highest BCUT2D eigenvalue weighted by molar-refractivity contribution is 7.99. The molecule has 0 fully saturated rings. The second-order valence-electron chi connectivity index (χ2n) is 4.48. The van der Waals surface area contributed by atoms with E-state index in [2.05, 4.69) is 10.5 Å². The Labute approximate surface area is 124 Å². The summed E-state index contributed by atoms with van der Waals surface area (Å²) in [6.07, 6.45) is 0.